The van der Waals surface area contributed by atoms with Gasteiger partial charge in [-0.2, -0.15) is 0 Å². The van der Waals surface area contributed by atoms with Crippen molar-refractivity contribution in [1.29, 1.82) is 0 Å². The van der Waals surface area contributed by atoms with Crippen LogP contribution in [0.15, 0.2) is 36.0 Å². The van der Waals surface area contributed by atoms with Gasteiger partial charge in [0.1, 0.15) is 12.4 Å². The lowest BCUT2D eigenvalue weighted by molar-refractivity contribution is 0.259. The molecule has 0 aliphatic rings. The first-order valence-corrected chi connectivity index (χ1v) is 5.47. The van der Waals surface area contributed by atoms with Crippen molar-refractivity contribution in [3.05, 3.63) is 46.4 Å². The van der Waals surface area contributed by atoms with E-state index in [0.717, 1.165) is 10.4 Å². The summed E-state index contributed by atoms with van der Waals surface area (Å²) in [6.07, 6.45) is 3.27. The van der Waals surface area contributed by atoms with E-state index in [2.05, 4.69) is 4.98 Å². The Hall–Kier alpha value is -1.39. The van der Waals surface area contributed by atoms with Crippen molar-refractivity contribution in [2.45, 2.75) is 13.2 Å². The van der Waals surface area contributed by atoms with Crippen LogP contribution in [0.1, 0.15) is 10.4 Å². The summed E-state index contributed by atoms with van der Waals surface area (Å²) in [5.41, 5.74) is 0.765. The standard InChI is InChI=1S/C11H11NO2S/c13-7-9-3-4-12-6-11(9)14-8-10-2-1-5-15-10/h1-6,13H,7-8H2. The molecule has 3 nitrogen and oxygen atoms in total. The molecule has 0 fully saturated rings. The lowest BCUT2D eigenvalue weighted by Gasteiger charge is -2.07. The van der Waals surface area contributed by atoms with Gasteiger partial charge in [0, 0.05) is 16.6 Å². The van der Waals surface area contributed by atoms with E-state index in [1.807, 2.05) is 17.5 Å². The summed E-state index contributed by atoms with van der Waals surface area (Å²) in [6, 6.07) is 5.75. The number of hydrogen-bond donors (Lipinski definition) is 1. The summed E-state index contributed by atoms with van der Waals surface area (Å²) >= 11 is 1.65. The molecule has 2 rings (SSSR count). The molecule has 0 radical (unpaired) electrons. The third-order valence-electron chi connectivity index (χ3n) is 1.99. The highest BCUT2D eigenvalue weighted by Crippen LogP contribution is 2.19. The maximum absolute atomic E-state index is 9.07. The minimum atomic E-state index is -0.0255. The molecule has 4 heteroatoms. The fourth-order valence-electron chi connectivity index (χ4n) is 1.21. The van der Waals surface area contributed by atoms with Crippen LogP contribution < -0.4 is 4.74 Å². The molecule has 0 saturated heterocycles. The van der Waals surface area contributed by atoms with Gasteiger partial charge in [-0.15, -0.1) is 11.3 Å². The molecule has 2 aromatic rings. The lowest BCUT2D eigenvalue weighted by Crippen LogP contribution is -1.97. The first-order chi connectivity index (χ1) is 7.40. The smallest absolute Gasteiger partial charge is 0.143 e. The molecule has 2 aromatic heterocycles. The molecule has 0 bridgehead atoms. The largest absolute Gasteiger partial charge is 0.486 e. The van der Waals surface area contributed by atoms with Crippen molar-refractivity contribution in [2.24, 2.45) is 0 Å². The molecule has 0 unspecified atom stereocenters. The number of ether oxygens (including phenoxy) is 1. The molecule has 0 amide bonds. The van der Waals surface area contributed by atoms with Crippen molar-refractivity contribution in [1.82, 2.24) is 4.98 Å². The first kappa shape index (κ1) is 10.1. The van der Waals surface area contributed by atoms with E-state index < -0.39 is 0 Å². The summed E-state index contributed by atoms with van der Waals surface area (Å²) < 4.78 is 5.56. The number of aliphatic hydroxyl groups is 1. The van der Waals surface area contributed by atoms with Gasteiger partial charge in [0.15, 0.2) is 0 Å². The summed E-state index contributed by atoms with van der Waals surface area (Å²) in [5.74, 6) is 0.647. The Bertz CT molecular complexity index is 414. The van der Waals surface area contributed by atoms with Crippen LogP contribution in [0.3, 0.4) is 0 Å². The third-order valence-corrected chi connectivity index (χ3v) is 2.84. The number of rotatable bonds is 4. The van der Waals surface area contributed by atoms with Gasteiger partial charge >= 0.3 is 0 Å². The number of thiophene rings is 1. The van der Waals surface area contributed by atoms with Crippen LogP contribution in [0, 0.1) is 0 Å². The van der Waals surface area contributed by atoms with Crippen molar-refractivity contribution in [3.8, 4) is 5.75 Å². The Morgan fingerprint density at radius 1 is 1.40 bits per heavy atom. The third kappa shape index (κ3) is 2.55. The zero-order valence-corrected chi connectivity index (χ0v) is 8.91. The Kier molecular flexibility index (Phi) is 3.32. The maximum atomic E-state index is 9.07. The van der Waals surface area contributed by atoms with E-state index in [0.29, 0.717) is 12.4 Å². The fourth-order valence-corrected chi connectivity index (χ4v) is 1.83. The molecule has 0 aromatic carbocycles. The highest BCUT2D eigenvalue weighted by atomic mass is 32.1. The number of hydrogen-bond acceptors (Lipinski definition) is 4. The minimum absolute atomic E-state index is 0.0255. The van der Waals surface area contributed by atoms with Crippen molar-refractivity contribution in [2.75, 3.05) is 0 Å². The zero-order chi connectivity index (χ0) is 10.5. The van der Waals surface area contributed by atoms with E-state index in [9.17, 15) is 0 Å². The molecule has 0 saturated carbocycles. The van der Waals surface area contributed by atoms with Gasteiger partial charge in [-0.1, -0.05) is 6.07 Å². The van der Waals surface area contributed by atoms with E-state index in [1.165, 1.54) is 0 Å². The monoisotopic (exact) mass is 221 g/mol. The maximum Gasteiger partial charge on any atom is 0.143 e. The van der Waals surface area contributed by atoms with Crippen LogP contribution in [0.25, 0.3) is 0 Å². The number of nitrogens with zero attached hydrogens (tertiary/aromatic N) is 1. The molecule has 2 heterocycles. The molecule has 15 heavy (non-hydrogen) atoms. The molecule has 0 aliphatic heterocycles. The zero-order valence-electron chi connectivity index (χ0n) is 8.09. The Morgan fingerprint density at radius 3 is 3.07 bits per heavy atom. The number of aliphatic hydroxyl groups excluding tert-OH is 1. The predicted molar refractivity (Wildman–Crippen MR) is 58.8 cm³/mol. The Balaban J connectivity index is 2.04. The molecular formula is C11H11NO2S. The SMILES string of the molecule is OCc1ccncc1OCc1cccs1. The van der Waals surface area contributed by atoms with Crippen LogP contribution in [0.4, 0.5) is 0 Å². The molecule has 0 atom stereocenters. The molecule has 78 valence electrons. The van der Waals surface area contributed by atoms with Crippen molar-refractivity contribution < 1.29 is 9.84 Å². The van der Waals surface area contributed by atoms with Crippen LogP contribution >= 0.6 is 11.3 Å². The highest BCUT2D eigenvalue weighted by molar-refractivity contribution is 7.09. The topological polar surface area (TPSA) is 42.4 Å². The summed E-state index contributed by atoms with van der Waals surface area (Å²) in [4.78, 5) is 5.12. The van der Waals surface area contributed by atoms with Crippen LogP contribution in [-0.4, -0.2) is 10.1 Å². The van der Waals surface area contributed by atoms with Gasteiger partial charge in [-0.25, -0.2) is 0 Å². The molecular weight excluding hydrogens is 210 g/mol. The van der Waals surface area contributed by atoms with Crippen molar-refractivity contribution in [3.63, 3.8) is 0 Å². The highest BCUT2D eigenvalue weighted by Gasteiger charge is 2.02. The Morgan fingerprint density at radius 2 is 2.33 bits per heavy atom. The fraction of sp³-hybridized carbons (Fsp3) is 0.182. The average molecular weight is 221 g/mol. The number of aromatic nitrogens is 1. The number of pyridine rings is 1. The summed E-state index contributed by atoms with van der Waals surface area (Å²) in [5, 5.41) is 11.1. The van der Waals surface area contributed by atoms with Gasteiger partial charge in [-0.3, -0.25) is 4.98 Å². The van der Waals surface area contributed by atoms with Gasteiger partial charge in [0.25, 0.3) is 0 Å². The second-order valence-electron chi connectivity index (χ2n) is 3.01. The summed E-state index contributed by atoms with van der Waals surface area (Å²) in [6.45, 7) is 0.499. The van der Waals surface area contributed by atoms with Gasteiger partial charge < -0.3 is 9.84 Å². The normalized spacial score (nSPS) is 10.2. The quantitative estimate of drug-likeness (QED) is 0.860. The second-order valence-corrected chi connectivity index (χ2v) is 4.04. The average Bonchev–Trinajstić information content (AvgIpc) is 2.79. The predicted octanol–water partition coefficient (Wildman–Crippen LogP) is 2.21. The van der Waals surface area contributed by atoms with Crippen LogP contribution in [-0.2, 0) is 13.2 Å². The van der Waals surface area contributed by atoms with Crippen LogP contribution in [0.2, 0.25) is 0 Å². The van der Waals surface area contributed by atoms with Crippen molar-refractivity contribution >= 4 is 11.3 Å². The van der Waals surface area contributed by atoms with E-state index in [-0.39, 0.29) is 6.61 Å². The first-order valence-electron chi connectivity index (χ1n) is 4.59. The van der Waals surface area contributed by atoms with Crippen LogP contribution in [0.5, 0.6) is 5.75 Å². The van der Waals surface area contributed by atoms with E-state index in [4.69, 9.17) is 9.84 Å². The van der Waals surface area contributed by atoms with Gasteiger partial charge in [0.2, 0.25) is 0 Å². The minimum Gasteiger partial charge on any atom is -0.486 e. The van der Waals surface area contributed by atoms with Gasteiger partial charge in [-0.05, 0) is 17.5 Å². The van der Waals surface area contributed by atoms with E-state index in [1.54, 1.807) is 29.8 Å². The second kappa shape index (κ2) is 4.91. The molecule has 1 N–H and O–H groups in total. The Labute approximate surface area is 92.0 Å². The van der Waals surface area contributed by atoms with E-state index >= 15 is 0 Å². The molecule has 0 spiro atoms. The van der Waals surface area contributed by atoms with Gasteiger partial charge in [0.05, 0.1) is 12.8 Å². The summed E-state index contributed by atoms with van der Waals surface area (Å²) in [7, 11) is 0. The lowest BCUT2D eigenvalue weighted by atomic mass is 10.2. The molecule has 0 aliphatic carbocycles.